The molecule has 1 amide bonds. The van der Waals surface area contributed by atoms with Gasteiger partial charge < -0.3 is 5.32 Å². The van der Waals surface area contributed by atoms with Crippen molar-refractivity contribution in [1.82, 2.24) is 0 Å². The van der Waals surface area contributed by atoms with Gasteiger partial charge in [0.2, 0.25) is 5.91 Å². The van der Waals surface area contributed by atoms with Gasteiger partial charge in [-0.3, -0.25) is 4.79 Å². The second-order valence-electron chi connectivity index (χ2n) is 5.42. The first-order valence-corrected chi connectivity index (χ1v) is 6.89. The number of nitrogens with one attached hydrogen (secondary N) is 1. The van der Waals surface area contributed by atoms with Gasteiger partial charge in [0.25, 0.3) is 0 Å². The Labute approximate surface area is 120 Å². The molecule has 0 aliphatic carbocycles. The minimum atomic E-state index is 0.0364. The van der Waals surface area contributed by atoms with Crippen molar-refractivity contribution in [1.29, 1.82) is 0 Å². The quantitative estimate of drug-likeness (QED) is 0.891. The van der Waals surface area contributed by atoms with Crippen LogP contribution in [0.3, 0.4) is 0 Å². The lowest BCUT2D eigenvalue weighted by Gasteiger charge is -2.12. The van der Waals surface area contributed by atoms with E-state index in [4.69, 9.17) is 0 Å². The van der Waals surface area contributed by atoms with E-state index in [0.717, 1.165) is 22.4 Å². The van der Waals surface area contributed by atoms with Crippen LogP contribution in [0.4, 0.5) is 5.69 Å². The molecule has 0 heterocycles. The molecular weight excluding hydrogens is 246 g/mol. The maximum Gasteiger partial charge on any atom is 0.228 e. The summed E-state index contributed by atoms with van der Waals surface area (Å²) in [5.41, 5.74) is 6.60. The summed E-state index contributed by atoms with van der Waals surface area (Å²) in [6, 6.07) is 12.2. The maximum atomic E-state index is 12.2. The average Bonchev–Trinajstić information content (AvgIpc) is 2.37. The van der Waals surface area contributed by atoms with Gasteiger partial charge in [0.15, 0.2) is 0 Å². The maximum absolute atomic E-state index is 12.2. The largest absolute Gasteiger partial charge is 0.325 e. The van der Waals surface area contributed by atoms with E-state index in [-0.39, 0.29) is 5.91 Å². The fourth-order valence-corrected chi connectivity index (χ4v) is 2.41. The standard InChI is InChI=1S/C18H21NO/c1-12-8-9-16(15(4)10-12)11-17(20)19-18-13(2)6-5-7-14(18)3/h5-10H,11H2,1-4H3,(H,19,20). The van der Waals surface area contributed by atoms with Crippen molar-refractivity contribution in [2.24, 2.45) is 0 Å². The van der Waals surface area contributed by atoms with E-state index >= 15 is 0 Å². The lowest BCUT2D eigenvalue weighted by Crippen LogP contribution is -2.16. The molecule has 2 rings (SSSR count). The summed E-state index contributed by atoms with van der Waals surface area (Å²) in [6.45, 7) is 8.14. The Morgan fingerprint density at radius 3 is 2.20 bits per heavy atom. The smallest absolute Gasteiger partial charge is 0.228 e. The summed E-state index contributed by atoms with van der Waals surface area (Å²) in [4.78, 5) is 12.2. The molecule has 0 aliphatic heterocycles. The zero-order chi connectivity index (χ0) is 14.7. The van der Waals surface area contributed by atoms with Crippen LogP contribution in [0.15, 0.2) is 36.4 Å². The number of aryl methyl sites for hydroxylation is 4. The van der Waals surface area contributed by atoms with Crippen molar-refractivity contribution in [2.45, 2.75) is 34.1 Å². The molecule has 0 bridgehead atoms. The fourth-order valence-electron chi connectivity index (χ4n) is 2.41. The Kier molecular flexibility index (Phi) is 4.23. The van der Waals surface area contributed by atoms with Crippen molar-refractivity contribution in [2.75, 3.05) is 5.32 Å². The highest BCUT2D eigenvalue weighted by atomic mass is 16.1. The first kappa shape index (κ1) is 14.3. The number of hydrogen-bond acceptors (Lipinski definition) is 1. The minimum absolute atomic E-state index is 0.0364. The normalized spacial score (nSPS) is 10.4. The van der Waals surface area contributed by atoms with E-state index in [1.807, 2.05) is 38.1 Å². The van der Waals surface area contributed by atoms with Crippen molar-refractivity contribution in [3.8, 4) is 0 Å². The molecule has 2 aromatic carbocycles. The molecule has 1 N–H and O–H groups in total. The molecular formula is C18H21NO. The number of carbonyl (C=O) groups excluding carboxylic acids is 1. The van der Waals surface area contributed by atoms with Crippen LogP contribution in [-0.4, -0.2) is 5.91 Å². The van der Waals surface area contributed by atoms with Gasteiger partial charge in [0.05, 0.1) is 6.42 Å². The van der Waals surface area contributed by atoms with Crippen LogP contribution in [0, 0.1) is 27.7 Å². The fraction of sp³-hybridized carbons (Fsp3) is 0.278. The summed E-state index contributed by atoms with van der Waals surface area (Å²) in [7, 11) is 0. The van der Waals surface area contributed by atoms with Gasteiger partial charge >= 0.3 is 0 Å². The summed E-state index contributed by atoms with van der Waals surface area (Å²) in [5.74, 6) is 0.0364. The molecule has 104 valence electrons. The van der Waals surface area contributed by atoms with Gasteiger partial charge in [0.1, 0.15) is 0 Å². The molecule has 0 aliphatic rings. The highest BCUT2D eigenvalue weighted by Crippen LogP contribution is 2.20. The summed E-state index contributed by atoms with van der Waals surface area (Å²) >= 11 is 0. The summed E-state index contributed by atoms with van der Waals surface area (Å²) in [6.07, 6.45) is 0.417. The Bertz CT molecular complexity index is 624. The van der Waals surface area contributed by atoms with E-state index in [0.29, 0.717) is 6.42 Å². The third-order valence-corrected chi connectivity index (χ3v) is 3.59. The van der Waals surface area contributed by atoms with Gasteiger partial charge in [0, 0.05) is 5.69 Å². The summed E-state index contributed by atoms with van der Waals surface area (Å²) in [5, 5.41) is 3.03. The first-order chi connectivity index (χ1) is 9.47. The van der Waals surface area contributed by atoms with E-state index in [1.165, 1.54) is 11.1 Å². The molecule has 20 heavy (non-hydrogen) atoms. The third kappa shape index (κ3) is 3.27. The lowest BCUT2D eigenvalue weighted by atomic mass is 10.0. The van der Waals surface area contributed by atoms with E-state index in [2.05, 4.69) is 31.3 Å². The van der Waals surface area contributed by atoms with Gasteiger partial charge in [-0.15, -0.1) is 0 Å². The number of rotatable bonds is 3. The van der Waals surface area contributed by atoms with Crippen LogP contribution < -0.4 is 5.32 Å². The number of carbonyl (C=O) groups is 1. The minimum Gasteiger partial charge on any atom is -0.325 e. The zero-order valence-corrected chi connectivity index (χ0v) is 12.6. The second-order valence-corrected chi connectivity index (χ2v) is 5.42. The Hall–Kier alpha value is -2.09. The predicted molar refractivity (Wildman–Crippen MR) is 84.2 cm³/mol. The molecule has 2 aromatic rings. The molecule has 0 spiro atoms. The Balaban J connectivity index is 2.13. The molecule has 2 heteroatoms. The highest BCUT2D eigenvalue weighted by molar-refractivity contribution is 5.93. The molecule has 0 fully saturated rings. The monoisotopic (exact) mass is 267 g/mol. The van der Waals surface area contributed by atoms with Crippen LogP contribution in [0.1, 0.15) is 27.8 Å². The van der Waals surface area contributed by atoms with Crippen molar-refractivity contribution in [3.05, 3.63) is 64.2 Å². The molecule has 0 saturated heterocycles. The topological polar surface area (TPSA) is 29.1 Å². The van der Waals surface area contributed by atoms with Crippen LogP contribution in [0.2, 0.25) is 0 Å². The molecule has 0 atom stereocenters. The lowest BCUT2D eigenvalue weighted by molar-refractivity contribution is -0.115. The second kappa shape index (κ2) is 5.91. The first-order valence-electron chi connectivity index (χ1n) is 6.89. The van der Waals surface area contributed by atoms with Crippen molar-refractivity contribution in [3.63, 3.8) is 0 Å². The van der Waals surface area contributed by atoms with Crippen LogP contribution in [-0.2, 0) is 11.2 Å². The van der Waals surface area contributed by atoms with Gasteiger partial charge in [-0.25, -0.2) is 0 Å². The average molecular weight is 267 g/mol. The van der Waals surface area contributed by atoms with E-state index in [1.54, 1.807) is 0 Å². The third-order valence-electron chi connectivity index (χ3n) is 3.59. The van der Waals surface area contributed by atoms with Gasteiger partial charge in [-0.1, -0.05) is 42.0 Å². The van der Waals surface area contributed by atoms with Crippen LogP contribution in [0.25, 0.3) is 0 Å². The molecule has 0 saturated carbocycles. The van der Waals surface area contributed by atoms with Crippen molar-refractivity contribution >= 4 is 11.6 Å². The molecule has 0 unspecified atom stereocenters. The molecule has 0 aromatic heterocycles. The van der Waals surface area contributed by atoms with E-state index in [9.17, 15) is 4.79 Å². The number of benzene rings is 2. The van der Waals surface area contributed by atoms with Crippen molar-refractivity contribution < 1.29 is 4.79 Å². The number of anilines is 1. The van der Waals surface area contributed by atoms with Gasteiger partial charge in [-0.05, 0) is 49.9 Å². The highest BCUT2D eigenvalue weighted by Gasteiger charge is 2.09. The number of para-hydroxylation sites is 1. The molecule has 2 nitrogen and oxygen atoms in total. The number of hydrogen-bond donors (Lipinski definition) is 1. The Morgan fingerprint density at radius 2 is 1.60 bits per heavy atom. The van der Waals surface area contributed by atoms with Crippen LogP contribution in [0.5, 0.6) is 0 Å². The zero-order valence-electron chi connectivity index (χ0n) is 12.6. The Morgan fingerprint density at radius 1 is 0.950 bits per heavy atom. The number of amides is 1. The van der Waals surface area contributed by atoms with Gasteiger partial charge in [-0.2, -0.15) is 0 Å². The predicted octanol–water partition coefficient (Wildman–Crippen LogP) is 4.10. The molecule has 0 radical (unpaired) electrons. The van der Waals surface area contributed by atoms with E-state index < -0.39 is 0 Å². The SMILES string of the molecule is Cc1ccc(CC(=O)Nc2c(C)cccc2C)c(C)c1. The van der Waals surface area contributed by atoms with Crippen LogP contribution >= 0.6 is 0 Å². The summed E-state index contributed by atoms with van der Waals surface area (Å²) < 4.78 is 0.